The van der Waals surface area contributed by atoms with Gasteiger partial charge in [-0.1, -0.05) is 0 Å². The van der Waals surface area contributed by atoms with Crippen LogP contribution in [0.5, 0.6) is 0 Å². The third kappa shape index (κ3) is 2.99. The summed E-state index contributed by atoms with van der Waals surface area (Å²) in [4.78, 5) is 24.3. The van der Waals surface area contributed by atoms with Crippen molar-refractivity contribution < 1.29 is 14.3 Å². The number of hydrogen-bond acceptors (Lipinski definition) is 4. The van der Waals surface area contributed by atoms with Gasteiger partial charge >= 0.3 is 5.97 Å². The molecule has 0 aromatic rings. The maximum Gasteiger partial charge on any atom is 0.325 e. The van der Waals surface area contributed by atoms with Crippen molar-refractivity contribution in [3.8, 4) is 0 Å². The second-order valence-corrected chi connectivity index (χ2v) is 3.54. The van der Waals surface area contributed by atoms with Gasteiger partial charge in [0.05, 0.1) is 13.0 Å². The zero-order chi connectivity index (χ0) is 10.6. The van der Waals surface area contributed by atoms with Gasteiger partial charge in [-0.05, 0) is 20.0 Å². The maximum absolute atomic E-state index is 11.5. The molecule has 14 heavy (non-hydrogen) atoms. The largest absolute Gasteiger partial charge is 0.468 e. The van der Waals surface area contributed by atoms with Crippen LogP contribution in [-0.4, -0.2) is 50.6 Å². The van der Waals surface area contributed by atoms with Gasteiger partial charge in [-0.15, -0.1) is 0 Å². The molecule has 1 fully saturated rings. The van der Waals surface area contributed by atoms with E-state index in [4.69, 9.17) is 0 Å². The van der Waals surface area contributed by atoms with E-state index in [-0.39, 0.29) is 18.4 Å². The fourth-order valence-corrected chi connectivity index (χ4v) is 1.52. The molecule has 0 aromatic carbocycles. The Morgan fingerprint density at radius 2 is 2.29 bits per heavy atom. The normalized spacial score (nSPS) is 22.0. The fraction of sp³-hybridized carbons (Fsp3) is 0.778. The Bertz CT molecular complexity index is 230. The summed E-state index contributed by atoms with van der Waals surface area (Å²) in [5.41, 5.74) is 0. The van der Waals surface area contributed by atoms with Gasteiger partial charge in [-0.25, -0.2) is 0 Å². The van der Waals surface area contributed by atoms with E-state index in [9.17, 15) is 9.59 Å². The van der Waals surface area contributed by atoms with Crippen LogP contribution in [0, 0.1) is 5.92 Å². The number of hydrogen-bond donors (Lipinski definition) is 1. The van der Waals surface area contributed by atoms with E-state index in [1.165, 1.54) is 7.11 Å². The lowest BCUT2D eigenvalue weighted by Crippen LogP contribution is -2.36. The first-order chi connectivity index (χ1) is 6.63. The molecular weight excluding hydrogens is 184 g/mol. The van der Waals surface area contributed by atoms with Crippen LogP contribution in [0.3, 0.4) is 0 Å². The van der Waals surface area contributed by atoms with E-state index < -0.39 is 5.97 Å². The molecule has 1 aliphatic heterocycles. The second kappa shape index (κ2) is 4.95. The molecule has 1 aliphatic rings. The van der Waals surface area contributed by atoms with Crippen LogP contribution in [0.25, 0.3) is 0 Å². The van der Waals surface area contributed by atoms with Crippen LogP contribution >= 0.6 is 0 Å². The molecule has 0 aliphatic carbocycles. The molecule has 1 saturated heterocycles. The van der Waals surface area contributed by atoms with Gasteiger partial charge < -0.3 is 15.0 Å². The number of esters is 1. The van der Waals surface area contributed by atoms with Crippen LogP contribution in [0.15, 0.2) is 0 Å². The number of methoxy groups -OCH3 is 1. The average Bonchev–Trinajstić information content (AvgIpc) is 2.60. The molecule has 0 aromatic heterocycles. The molecule has 1 N–H and O–H groups in total. The Labute approximate surface area is 83.4 Å². The minimum atomic E-state index is -0.412. The summed E-state index contributed by atoms with van der Waals surface area (Å²) < 4.78 is 4.42. The monoisotopic (exact) mass is 200 g/mol. The molecule has 1 atom stereocenters. The molecule has 80 valence electrons. The van der Waals surface area contributed by atoms with Crippen molar-refractivity contribution >= 4 is 11.9 Å². The topological polar surface area (TPSA) is 58.6 Å². The first-order valence-corrected chi connectivity index (χ1v) is 4.66. The molecule has 1 amide bonds. The molecule has 0 saturated carbocycles. The summed E-state index contributed by atoms with van der Waals surface area (Å²) in [5, 5.41) is 2.56. The van der Waals surface area contributed by atoms with Crippen LogP contribution < -0.4 is 5.32 Å². The number of nitrogens with zero attached hydrogens (tertiary/aromatic N) is 1. The van der Waals surface area contributed by atoms with Gasteiger partial charge in [0.15, 0.2) is 0 Å². The van der Waals surface area contributed by atoms with E-state index in [0.29, 0.717) is 0 Å². The SMILES string of the molecule is COC(=O)CNC(=O)C1CCN(C)C1. The van der Waals surface area contributed by atoms with Crippen molar-refractivity contribution in [1.82, 2.24) is 10.2 Å². The summed E-state index contributed by atoms with van der Waals surface area (Å²) in [6, 6.07) is 0. The predicted octanol–water partition coefficient (Wildman–Crippen LogP) is -0.773. The summed E-state index contributed by atoms with van der Waals surface area (Å²) in [6.07, 6.45) is 0.865. The van der Waals surface area contributed by atoms with E-state index in [2.05, 4.69) is 15.0 Å². The van der Waals surface area contributed by atoms with Gasteiger partial charge in [-0.2, -0.15) is 0 Å². The van der Waals surface area contributed by atoms with Crippen LogP contribution in [0.4, 0.5) is 0 Å². The van der Waals surface area contributed by atoms with Crippen molar-refractivity contribution in [3.05, 3.63) is 0 Å². The number of likely N-dealkylation sites (tertiary alicyclic amines) is 1. The first-order valence-electron chi connectivity index (χ1n) is 4.66. The number of amides is 1. The number of ether oxygens (including phenoxy) is 1. The smallest absolute Gasteiger partial charge is 0.325 e. The second-order valence-electron chi connectivity index (χ2n) is 3.54. The van der Waals surface area contributed by atoms with Crippen molar-refractivity contribution in [2.24, 2.45) is 5.92 Å². The highest BCUT2D eigenvalue weighted by atomic mass is 16.5. The van der Waals surface area contributed by atoms with Gasteiger partial charge in [0.25, 0.3) is 0 Å². The molecule has 0 spiro atoms. The summed E-state index contributed by atoms with van der Waals surface area (Å²) in [7, 11) is 3.28. The molecule has 1 unspecified atom stereocenters. The lowest BCUT2D eigenvalue weighted by molar-refractivity contribution is -0.141. The predicted molar refractivity (Wildman–Crippen MR) is 50.6 cm³/mol. The maximum atomic E-state index is 11.5. The molecule has 0 radical (unpaired) electrons. The Morgan fingerprint density at radius 3 is 2.79 bits per heavy atom. The standard InChI is InChI=1S/C9H16N2O3/c1-11-4-3-7(6-11)9(13)10-5-8(12)14-2/h7H,3-6H2,1-2H3,(H,10,13). The number of carbonyl (C=O) groups excluding carboxylic acids is 2. The lowest BCUT2D eigenvalue weighted by atomic mass is 10.1. The summed E-state index contributed by atoms with van der Waals surface area (Å²) in [5.74, 6) is -0.450. The van der Waals surface area contributed by atoms with E-state index in [1.54, 1.807) is 0 Å². The Kier molecular flexibility index (Phi) is 3.88. The van der Waals surface area contributed by atoms with Crippen molar-refractivity contribution in [3.63, 3.8) is 0 Å². The quantitative estimate of drug-likeness (QED) is 0.608. The van der Waals surface area contributed by atoms with Crippen LogP contribution in [0.1, 0.15) is 6.42 Å². The van der Waals surface area contributed by atoms with Crippen LogP contribution in [0.2, 0.25) is 0 Å². The summed E-state index contributed by atoms with van der Waals surface area (Å²) in [6.45, 7) is 1.68. The van der Waals surface area contributed by atoms with E-state index >= 15 is 0 Å². The molecule has 5 nitrogen and oxygen atoms in total. The molecule has 1 heterocycles. The Morgan fingerprint density at radius 1 is 1.57 bits per heavy atom. The zero-order valence-electron chi connectivity index (χ0n) is 8.58. The first kappa shape index (κ1) is 11.0. The van der Waals surface area contributed by atoms with Crippen molar-refractivity contribution in [2.45, 2.75) is 6.42 Å². The molecule has 1 rings (SSSR count). The van der Waals surface area contributed by atoms with Crippen molar-refractivity contribution in [1.29, 1.82) is 0 Å². The van der Waals surface area contributed by atoms with Gasteiger partial charge in [0.2, 0.25) is 5.91 Å². The number of rotatable bonds is 3. The lowest BCUT2D eigenvalue weighted by Gasteiger charge is -2.10. The van der Waals surface area contributed by atoms with Crippen LogP contribution in [-0.2, 0) is 14.3 Å². The van der Waals surface area contributed by atoms with E-state index in [0.717, 1.165) is 19.5 Å². The summed E-state index contributed by atoms with van der Waals surface area (Å²) >= 11 is 0. The minimum absolute atomic E-state index is 0.0182. The third-order valence-electron chi connectivity index (χ3n) is 2.40. The number of nitrogens with one attached hydrogen (secondary N) is 1. The van der Waals surface area contributed by atoms with Crippen molar-refractivity contribution in [2.75, 3.05) is 33.8 Å². The zero-order valence-corrected chi connectivity index (χ0v) is 8.58. The fourth-order valence-electron chi connectivity index (χ4n) is 1.52. The average molecular weight is 200 g/mol. The molecule has 5 heteroatoms. The molecular formula is C9H16N2O3. The highest BCUT2D eigenvalue weighted by molar-refractivity contribution is 5.83. The van der Waals surface area contributed by atoms with Gasteiger partial charge in [0, 0.05) is 6.54 Å². The molecule has 0 bridgehead atoms. The number of carbonyl (C=O) groups is 2. The van der Waals surface area contributed by atoms with Gasteiger partial charge in [0.1, 0.15) is 6.54 Å². The van der Waals surface area contributed by atoms with E-state index in [1.807, 2.05) is 7.05 Å². The highest BCUT2D eigenvalue weighted by Crippen LogP contribution is 2.13. The third-order valence-corrected chi connectivity index (χ3v) is 2.40. The highest BCUT2D eigenvalue weighted by Gasteiger charge is 2.26. The Balaban J connectivity index is 2.25. The Hall–Kier alpha value is -1.10. The minimum Gasteiger partial charge on any atom is -0.468 e. The van der Waals surface area contributed by atoms with Gasteiger partial charge in [-0.3, -0.25) is 9.59 Å².